The first kappa shape index (κ1) is 24.6. The van der Waals surface area contributed by atoms with Crippen molar-refractivity contribution in [2.24, 2.45) is 0 Å². The third kappa shape index (κ3) is 12.9. The molecule has 0 amide bonds. The van der Waals surface area contributed by atoms with E-state index in [1.165, 1.54) is 95.5 Å². The third-order valence-electron chi connectivity index (χ3n) is 5.42. The normalized spacial score (nSPS) is 10.8. The summed E-state index contributed by atoms with van der Waals surface area (Å²) in [6.07, 6.45) is 22.9. The number of ether oxygens (including phenoxy) is 1. The third-order valence-corrected chi connectivity index (χ3v) is 5.42. The van der Waals surface area contributed by atoms with Gasteiger partial charge < -0.3 is 9.84 Å². The largest absolute Gasteiger partial charge is 0.504 e. The Labute approximate surface area is 174 Å². The minimum Gasteiger partial charge on any atom is -0.504 e. The lowest BCUT2D eigenvalue weighted by molar-refractivity contribution is 0.405. The molecule has 0 aromatic heterocycles. The fraction of sp³-hybridized carbons (Fsp3) is 0.692. The maximum atomic E-state index is 9.90. The van der Waals surface area contributed by atoms with Gasteiger partial charge >= 0.3 is 0 Å². The number of para-hydroxylation sites is 2. The van der Waals surface area contributed by atoms with Gasteiger partial charge in [-0.1, -0.05) is 103 Å². The number of unbranched alkanes of at least 4 members (excludes halogenated alkanes) is 12. The molecule has 0 unspecified atom stereocenters. The standard InChI is InChI=1S/C26H44O2/c1-3-5-7-9-11-13-15-19-24(20-16-14-12-10-8-6-4-2)23-28-26-22-18-17-21-25(26)27/h17-18,21-23,27H,3-16,19-20H2,1-2H3. The molecule has 1 N–H and O–H groups in total. The highest BCUT2D eigenvalue weighted by molar-refractivity contribution is 5.38. The number of benzene rings is 1. The van der Waals surface area contributed by atoms with Gasteiger partial charge in [0.05, 0.1) is 6.26 Å². The van der Waals surface area contributed by atoms with Crippen molar-refractivity contribution in [3.05, 3.63) is 36.1 Å². The first-order valence-electron chi connectivity index (χ1n) is 11.9. The minimum absolute atomic E-state index is 0.213. The summed E-state index contributed by atoms with van der Waals surface area (Å²) in [6.45, 7) is 4.54. The Balaban J connectivity index is 2.36. The molecule has 0 saturated carbocycles. The van der Waals surface area contributed by atoms with Crippen LogP contribution in [0.3, 0.4) is 0 Å². The van der Waals surface area contributed by atoms with Crippen LogP contribution < -0.4 is 4.74 Å². The Bertz CT molecular complexity index is 487. The van der Waals surface area contributed by atoms with Gasteiger partial charge in [0.15, 0.2) is 11.5 Å². The highest BCUT2D eigenvalue weighted by atomic mass is 16.5. The molecule has 28 heavy (non-hydrogen) atoms. The molecule has 0 spiro atoms. The Hall–Kier alpha value is -1.44. The topological polar surface area (TPSA) is 29.5 Å². The summed E-state index contributed by atoms with van der Waals surface area (Å²) >= 11 is 0. The second kappa shape index (κ2) is 17.6. The SMILES string of the molecule is CCCCCCCCCC(=COc1ccccc1O)CCCCCCCCC. The van der Waals surface area contributed by atoms with E-state index in [1.807, 2.05) is 24.5 Å². The van der Waals surface area contributed by atoms with Crippen molar-refractivity contribution >= 4 is 0 Å². The number of rotatable bonds is 18. The Kier molecular flexibility index (Phi) is 15.5. The van der Waals surface area contributed by atoms with Gasteiger partial charge in [-0.2, -0.15) is 0 Å². The predicted octanol–water partition coefficient (Wildman–Crippen LogP) is 8.94. The molecule has 1 aromatic carbocycles. The number of phenolic OH excluding ortho intramolecular Hbond substituents is 1. The maximum Gasteiger partial charge on any atom is 0.168 e. The molecule has 0 fully saturated rings. The van der Waals surface area contributed by atoms with Crippen LogP contribution in [0.1, 0.15) is 117 Å². The quantitative estimate of drug-likeness (QED) is 0.201. The van der Waals surface area contributed by atoms with Crippen LogP contribution in [0.4, 0.5) is 0 Å². The average Bonchev–Trinajstić information content (AvgIpc) is 2.71. The molecule has 160 valence electrons. The molecule has 0 atom stereocenters. The molecule has 0 aliphatic heterocycles. The van der Waals surface area contributed by atoms with Gasteiger partial charge in [0.1, 0.15) is 0 Å². The number of allylic oxidation sites excluding steroid dienone is 1. The van der Waals surface area contributed by atoms with Crippen LogP contribution in [0.15, 0.2) is 36.1 Å². The molecule has 2 nitrogen and oxygen atoms in total. The van der Waals surface area contributed by atoms with E-state index >= 15 is 0 Å². The lowest BCUT2D eigenvalue weighted by atomic mass is 10.00. The Morgan fingerprint density at radius 1 is 0.714 bits per heavy atom. The average molecular weight is 389 g/mol. The summed E-state index contributed by atoms with van der Waals surface area (Å²) in [5.74, 6) is 0.768. The zero-order chi connectivity index (χ0) is 20.3. The first-order chi connectivity index (χ1) is 13.8. The van der Waals surface area contributed by atoms with Crippen LogP contribution in [0.25, 0.3) is 0 Å². The first-order valence-corrected chi connectivity index (χ1v) is 11.9. The Morgan fingerprint density at radius 3 is 1.68 bits per heavy atom. The summed E-state index contributed by atoms with van der Waals surface area (Å²) in [6, 6.07) is 7.22. The van der Waals surface area contributed by atoms with E-state index in [0.717, 1.165) is 12.8 Å². The van der Waals surface area contributed by atoms with Gasteiger partial charge in [0, 0.05) is 0 Å². The summed E-state index contributed by atoms with van der Waals surface area (Å²) in [4.78, 5) is 0. The lowest BCUT2D eigenvalue weighted by Gasteiger charge is -2.10. The van der Waals surface area contributed by atoms with Crippen LogP contribution in [0.5, 0.6) is 11.5 Å². The van der Waals surface area contributed by atoms with Crippen LogP contribution in [-0.2, 0) is 0 Å². The number of hydrogen-bond acceptors (Lipinski definition) is 2. The fourth-order valence-corrected chi connectivity index (χ4v) is 3.56. The fourth-order valence-electron chi connectivity index (χ4n) is 3.56. The van der Waals surface area contributed by atoms with E-state index in [1.54, 1.807) is 6.07 Å². The second-order valence-corrected chi connectivity index (χ2v) is 8.10. The predicted molar refractivity (Wildman–Crippen MR) is 122 cm³/mol. The number of hydrogen-bond donors (Lipinski definition) is 1. The molecular weight excluding hydrogens is 344 g/mol. The van der Waals surface area contributed by atoms with E-state index in [2.05, 4.69) is 13.8 Å². The van der Waals surface area contributed by atoms with Crippen molar-refractivity contribution in [2.75, 3.05) is 0 Å². The van der Waals surface area contributed by atoms with Gasteiger partial charge in [-0.05, 0) is 43.4 Å². The monoisotopic (exact) mass is 388 g/mol. The van der Waals surface area contributed by atoms with Gasteiger partial charge in [0.2, 0.25) is 0 Å². The lowest BCUT2D eigenvalue weighted by Crippen LogP contribution is -1.92. The molecule has 0 radical (unpaired) electrons. The van der Waals surface area contributed by atoms with Gasteiger partial charge in [-0.25, -0.2) is 0 Å². The Morgan fingerprint density at radius 2 is 1.18 bits per heavy atom. The van der Waals surface area contributed by atoms with Crippen molar-refractivity contribution in [3.8, 4) is 11.5 Å². The molecule has 0 saturated heterocycles. The molecular formula is C26H44O2. The highest BCUT2D eigenvalue weighted by Crippen LogP contribution is 2.26. The van der Waals surface area contributed by atoms with Crippen molar-refractivity contribution in [3.63, 3.8) is 0 Å². The second-order valence-electron chi connectivity index (χ2n) is 8.10. The van der Waals surface area contributed by atoms with Gasteiger partial charge in [0.25, 0.3) is 0 Å². The zero-order valence-electron chi connectivity index (χ0n) is 18.6. The molecule has 2 heteroatoms. The molecule has 0 aliphatic carbocycles. The molecule has 1 aromatic rings. The minimum atomic E-state index is 0.213. The smallest absolute Gasteiger partial charge is 0.168 e. The van der Waals surface area contributed by atoms with Gasteiger partial charge in [-0.3, -0.25) is 0 Å². The number of aromatic hydroxyl groups is 1. The molecule has 0 bridgehead atoms. The summed E-state index contributed by atoms with van der Waals surface area (Å²) in [7, 11) is 0. The van der Waals surface area contributed by atoms with Crippen molar-refractivity contribution in [2.45, 2.75) is 117 Å². The van der Waals surface area contributed by atoms with Crippen LogP contribution in [0, 0.1) is 0 Å². The summed E-state index contributed by atoms with van der Waals surface area (Å²) in [5, 5.41) is 9.90. The molecule has 1 rings (SSSR count). The highest BCUT2D eigenvalue weighted by Gasteiger charge is 2.03. The van der Waals surface area contributed by atoms with Crippen LogP contribution in [0.2, 0.25) is 0 Å². The van der Waals surface area contributed by atoms with E-state index in [0.29, 0.717) is 5.75 Å². The van der Waals surface area contributed by atoms with Gasteiger partial charge in [-0.15, -0.1) is 0 Å². The molecule has 0 heterocycles. The van der Waals surface area contributed by atoms with E-state index < -0.39 is 0 Å². The van der Waals surface area contributed by atoms with Crippen LogP contribution >= 0.6 is 0 Å². The number of phenols is 1. The zero-order valence-corrected chi connectivity index (χ0v) is 18.6. The van der Waals surface area contributed by atoms with Crippen molar-refractivity contribution in [1.29, 1.82) is 0 Å². The van der Waals surface area contributed by atoms with E-state index in [9.17, 15) is 5.11 Å². The van der Waals surface area contributed by atoms with Crippen LogP contribution in [-0.4, -0.2) is 5.11 Å². The van der Waals surface area contributed by atoms with E-state index in [4.69, 9.17) is 4.74 Å². The van der Waals surface area contributed by atoms with Crippen molar-refractivity contribution < 1.29 is 9.84 Å². The van der Waals surface area contributed by atoms with E-state index in [-0.39, 0.29) is 5.75 Å². The van der Waals surface area contributed by atoms with Crippen molar-refractivity contribution in [1.82, 2.24) is 0 Å². The molecule has 0 aliphatic rings. The maximum absolute atomic E-state index is 9.90. The summed E-state index contributed by atoms with van der Waals surface area (Å²) < 4.78 is 5.81. The summed E-state index contributed by atoms with van der Waals surface area (Å²) in [5.41, 5.74) is 1.39.